The van der Waals surface area contributed by atoms with Crippen LogP contribution < -0.4 is 0 Å². The third kappa shape index (κ3) is 2.07. The number of aromatic nitrogens is 2. The molecule has 0 radical (unpaired) electrons. The first-order valence-corrected chi connectivity index (χ1v) is 5.90. The van der Waals surface area contributed by atoms with E-state index in [0.717, 1.165) is 17.1 Å². The van der Waals surface area contributed by atoms with Crippen molar-refractivity contribution in [3.05, 3.63) is 34.5 Å². The molecule has 2 rings (SSSR count). The highest BCUT2D eigenvalue weighted by molar-refractivity contribution is 7.15. The molecule has 3 heteroatoms. The van der Waals surface area contributed by atoms with E-state index < -0.39 is 0 Å². The van der Waals surface area contributed by atoms with Crippen LogP contribution in [0.25, 0.3) is 10.7 Å². The van der Waals surface area contributed by atoms with Crippen LogP contribution in [0.5, 0.6) is 0 Å². The van der Waals surface area contributed by atoms with E-state index in [1.165, 1.54) is 16.0 Å². The summed E-state index contributed by atoms with van der Waals surface area (Å²) in [7, 11) is 0. The molecule has 0 aliphatic heterocycles. The summed E-state index contributed by atoms with van der Waals surface area (Å²) in [5.74, 6) is 0. The molecule has 0 N–H and O–H groups in total. The Kier molecular flexibility index (Phi) is 2.82. The molecule has 0 saturated carbocycles. The SMILES string of the molecule is CCc1cnc(-c2ncc(C)cc2C)s1. The van der Waals surface area contributed by atoms with Crippen LogP contribution in [0.3, 0.4) is 0 Å². The summed E-state index contributed by atoms with van der Waals surface area (Å²) in [6.07, 6.45) is 4.89. The van der Waals surface area contributed by atoms with E-state index in [0.29, 0.717) is 0 Å². The second kappa shape index (κ2) is 4.11. The second-order valence-corrected chi connectivity index (χ2v) is 4.78. The van der Waals surface area contributed by atoms with E-state index >= 15 is 0 Å². The zero-order chi connectivity index (χ0) is 10.8. The third-order valence-corrected chi connectivity index (χ3v) is 3.47. The predicted octanol–water partition coefficient (Wildman–Crippen LogP) is 3.38. The molecule has 78 valence electrons. The van der Waals surface area contributed by atoms with Gasteiger partial charge in [-0.1, -0.05) is 13.0 Å². The third-order valence-electron chi connectivity index (χ3n) is 2.32. The van der Waals surface area contributed by atoms with Crippen molar-refractivity contribution >= 4 is 11.3 Å². The lowest BCUT2D eigenvalue weighted by Gasteiger charge is -2.01. The zero-order valence-electron chi connectivity index (χ0n) is 9.24. The summed E-state index contributed by atoms with van der Waals surface area (Å²) in [5.41, 5.74) is 3.42. The summed E-state index contributed by atoms with van der Waals surface area (Å²) in [4.78, 5) is 10.2. The Hall–Kier alpha value is -1.22. The molecule has 0 atom stereocenters. The van der Waals surface area contributed by atoms with E-state index in [2.05, 4.69) is 36.8 Å². The fourth-order valence-corrected chi connectivity index (χ4v) is 2.43. The van der Waals surface area contributed by atoms with Gasteiger partial charge in [0.2, 0.25) is 0 Å². The average Bonchev–Trinajstić information content (AvgIpc) is 2.66. The summed E-state index contributed by atoms with van der Waals surface area (Å²) < 4.78 is 0. The fraction of sp³-hybridized carbons (Fsp3) is 0.333. The maximum atomic E-state index is 4.44. The normalized spacial score (nSPS) is 10.6. The molecule has 0 fully saturated rings. The van der Waals surface area contributed by atoms with Crippen molar-refractivity contribution in [2.24, 2.45) is 0 Å². The Morgan fingerprint density at radius 1 is 1.20 bits per heavy atom. The average molecular weight is 218 g/mol. The van der Waals surface area contributed by atoms with Crippen molar-refractivity contribution in [1.82, 2.24) is 9.97 Å². The maximum absolute atomic E-state index is 4.44. The van der Waals surface area contributed by atoms with Crippen LogP contribution in [0.15, 0.2) is 18.5 Å². The molecule has 0 bridgehead atoms. The molecule has 0 saturated heterocycles. The van der Waals surface area contributed by atoms with Gasteiger partial charge < -0.3 is 0 Å². The first kappa shape index (κ1) is 10.3. The molecule has 0 aliphatic rings. The number of aryl methyl sites for hydroxylation is 3. The minimum absolute atomic E-state index is 1.02. The highest BCUT2D eigenvalue weighted by atomic mass is 32.1. The Morgan fingerprint density at radius 2 is 2.00 bits per heavy atom. The van der Waals surface area contributed by atoms with Gasteiger partial charge in [0.05, 0.1) is 0 Å². The highest BCUT2D eigenvalue weighted by Gasteiger charge is 2.07. The molecular weight excluding hydrogens is 204 g/mol. The maximum Gasteiger partial charge on any atom is 0.142 e. The fourth-order valence-electron chi connectivity index (χ4n) is 1.52. The molecule has 2 aromatic heterocycles. The quantitative estimate of drug-likeness (QED) is 0.772. The van der Waals surface area contributed by atoms with Gasteiger partial charge >= 0.3 is 0 Å². The molecule has 15 heavy (non-hydrogen) atoms. The number of pyridine rings is 1. The van der Waals surface area contributed by atoms with Gasteiger partial charge in [-0.15, -0.1) is 11.3 Å². The van der Waals surface area contributed by atoms with Gasteiger partial charge in [-0.3, -0.25) is 4.98 Å². The molecular formula is C12H14N2S. The van der Waals surface area contributed by atoms with Crippen LogP contribution in [0, 0.1) is 13.8 Å². The minimum Gasteiger partial charge on any atom is -0.253 e. The number of rotatable bonds is 2. The summed E-state index contributed by atoms with van der Waals surface area (Å²) in [6, 6.07) is 2.15. The Bertz CT molecular complexity index is 474. The van der Waals surface area contributed by atoms with Gasteiger partial charge in [0.25, 0.3) is 0 Å². The molecule has 2 aromatic rings. The Morgan fingerprint density at radius 3 is 2.60 bits per heavy atom. The molecule has 0 unspecified atom stereocenters. The van der Waals surface area contributed by atoms with Gasteiger partial charge in [0, 0.05) is 17.3 Å². The first-order valence-electron chi connectivity index (χ1n) is 5.09. The van der Waals surface area contributed by atoms with Gasteiger partial charge in [-0.05, 0) is 31.4 Å². The first-order chi connectivity index (χ1) is 7.20. The molecule has 2 nitrogen and oxygen atoms in total. The molecule has 0 spiro atoms. The van der Waals surface area contributed by atoms with E-state index in [-0.39, 0.29) is 0 Å². The van der Waals surface area contributed by atoms with Crippen LogP contribution in [0.2, 0.25) is 0 Å². The van der Waals surface area contributed by atoms with Crippen molar-refractivity contribution in [3.63, 3.8) is 0 Å². The summed E-state index contributed by atoms with van der Waals surface area (Å²) in [6.45, 7) is 6.29. The van der Waals surface area contributed by atoms with Crippen LogP contribution in [-0.4, -0.2) is 9.97 Å². The van der Waals surface area contributed by atoms with E-state index in [1.54, 1.807) is 11.3 Å². The lowest BCUT2D eigenvalue weighted by atomic mass is 10.2. The van der Waals surface area contributed by atoms with Crippen molar-refractivity contribution in [1.29, 1.82) is 0 Å². The van der Waals surface area contributed by atoms with Crippen molar-refractivity contribution in [2.75, 3.05) is 0 Å². The zero-order valence-corrected chi connectivity index (χ0v) is 10.1. The standard InChI is InChI=1S/C12H14N2S/c1-4-10-7-14-12(15-10)11-9(3)5-8(2)6-13-11/h5-7H,4H2,1-3H3. The number of nitrogens with zero attached hydrogens (tertiary/aromatic N) is 2. The Labute approximate surface area is 94.0 Å². The second-order valence-electron chi connectivity index (χ2n) is 3.66. The van der Waals surface area contributed by atoms with Gasteiger partial charge in [-0.25, -0.2) is 4.98 Å². The highest BCUT2D eigenvalue weighted by Crippen LogP contribution is 2.26. The number of thiazole rings is 1. The Balaban J connectivity index is 2.44. The molecule has 0 aliphatic carbocycles. The number of hydrogen-bond acceptors (Lipinski definition) is 3. The molecule has 2 heterocycles. The molecule has 0 amide bonds. The van der Waals surface area contributed by atoms with Crippen molar-refractivity contribution in [2.45, 2.75) is 27.2 Å². The van der Waals surface area contributed by atoms with E-state index in [4.69, 9.17) is 0 Å². The van der Waals surface area contributed by atoms with Gasteiger partial charge in [0.1, 0.15) is 10.7 Å². The topological polar surface area (TPSA) is 25.8 Å². The summed E-state index contributed by atoms with van der Waals surface area (Å²) >= 11 is 1.73. The van der Waals surface area contributed by atoms with Crippen molar-refractivity contribution in [3.8, 4) is 10.7 Å². The van der Waals surface area contributed by atoms with Crippen LogP contribution >= 0.6 is 11.3 Å². The summed E-state index contributed by atoms with van der Waals surface area (Å²) in [5, 5.41) is 1.03. The van der Waals surface area contributed by atoms with Crippen LogP contribution in [-0.2, 0) is 6.42 Å². The monoisotopic (exact) mass is 218 g/mol. The molecule has 0 aromatic carbocycles. The van der Waals surface area contributed by atoms with Gasteiger partial charge in [-0.2, -0.15) is 0 Å². The number of hydrogen-bond donors (Lipinski definition) is 0. The predicted molar refractivity (Wildman–Crippen MR) is 64.2 cm³/mol. The lowest BCUT2D eigenvalue weighted by molar-refractivity contribution is 1.16. The van der Waals surface area contributed by atoms with Crippen molar-refractivity contribution < 1.29 is 0 Å². The smallest absolute Gasteiger partial charge is 0.142 e. The minimum atomic E-state index is 1.02. The van der Waals surface area contributed by atoms with E-state index in [9.17, 15) is 0 Å². The van der Waals surface area contributed by atoms with Crippen LogP contribution in [0.4, 0.5) is 0 Å². The van der Waals surface area contributed by atoms with E-state index in [1.807, 2.05) is 12.4 Å². The lowest BCUT2D eigenvalue weighted by Crippen LogP contribution is -1.88. The van der Waals surface area contributed by atoms with Gasteiger partial charge in [0.15, 0.2) is 0 Å². The van der Waals surface area contributed by atoms with Crippen LogP contribution in [0.1, 0.15) is 22.9 Å². The largest absolute Gasteiger partial charge is 0.253 e.